The van der Waals surface area contributed by atoms with Gasteiger partial charge in [-0.3, -0.25) is 0 Å². The van der Waals surface area contributed by atoms with E-state index in [1.165, 1.54) is 0 Å². The molecule has 0 fully saturated rings. The van der Waals surface area contributed by atoms with Gasteiger partial charge in [0.15, 0.2) is 0 Å². The monoisotopic (exact) mass is 258 g/mol. The quantitative estimate of drug-likeness (QED) is 0.532. The molecule has 102 valence electrons. The predicted octanol–water partition coefficient (Wildman–Crippen LogP) is 5.66. The van der Waals surface area contributed by atoms with Crippen LogP contribution in [0, 0.1) is 11.3 Å². The molecule has 0 spiro atoms. The highest BCUT2D eigenvalue weighted by molar-refractivity contribution is 5.46. The van der Waals surface area contributed by atoms with E-state index in [0.29, 0.717) is 0 Å². The summed E-state index contributed by atoms with van der Waals surface area (Å²) < 4.78 is 14.4. The van der Waals surface area contributed by atoms with Crippen LogP contribution in [-0.2, 0) is 0 Å². The molecule has 2 aliphatic rings. The Hall–Kier alpha value is -1.37. The Labute approximate surface area is 116 Å². The lowest BCUT2D eigenvalue weighted by Crippen LogP contribution is -2.30. The third kappa shape index (κ3) is 2.65. The van der Waals surface area contributed by atoms with Gasteiger partial charge in [-0.1, -0.05) is 42.9 Å². The molecule has 2 unspecified atom stereocenters. The van der Waals surface area contributed by atoms with Gasteiger partial charge < -0.3 is 0 Å². The van der Waals surface area contributed by atoms with Gasteiger partial charge >= 0.3 is 0 Å². The van der Waals surface area contributed by atoms with Crippen LogP contribution >= 0.6 is 0 Å². The lowest BCUT2D eigenvalue weighted by molar-refractivity contribution is 0.287. The van der Waals surface area contributed by atoms with Crippen LogP contribution in [0.25, 0.3) is 0 Å². The number of hydrogen-bond donors (Lipinski definition) is 0. The Bertz CT molecular complexity index is 514. The van der Waals surface area contributed by atoms with Crippen LogP contribution in [0.1, 0.15) is 40.5 Å². The third-order valence-electron chi connectivity index (χ3n) is 4.31. The predicted molar refractivity (Wildman–Crippen MR) is 80.4 cm³/mol. The molecule has 0 heterocycles. The molecule has 0 aromatic heterocycles. The summed E-state index contributed by atoms with van der Waals surface area (Å²) in [4.78, 5) is 0. The van der Waals surface area contributed by atoms with Crippen molar-refractivity contribution in [1.29, 1.82) is 0 Å². The van der Waals surface area contributed by atoms with Crippen molar-refractivity contribution >= 4 is 0 Å². The fourth-order valence-electron chi connectivity index (χ4n) is 3.30. The molecule has 0 aromatic rings. The van der Waals surface area contributed by atoms with E-state index in [-0.39, 0.29) is 17.2 Å². The summed E-state index contributed by atoms with van der Waals surface area (Å²) in [5, 5.41) is 0. The summed E-state index contributed by atoms with van der Waals surface area (Å²) in [5.41, 5.74) is 3.08. The Morgan fingerprint density at radius 3 is 2.79 bits per heavy atom. The summed E-state index contributed by atoms with van der Waals surface area (Å²) in [6.45, 7) is 8.33. The van der Waals surface area contributed by atoms with Crippen LogP contribution in [0.5, 0.6) is 0 Å². The fraction of sp³-hybridized carbons (Fsp3) is 0.444. The fourth-order valence-corrected chi connectivity index (χ4v) is 3.30. The van der Waals surface area contributed by atoms with E-state index in [1.54, 1.807) is 6.08 Å². The highest BCUT2D eigenvalue weighted by Crippen LogP contribution is 2.48. The summed E-state index contributed by atoms with van der Waals surface area (Å²) in [6, 6.07) is 0. The van der Waals surface area contributed by atoms with Crippen LogP contribution in [0.4, 0.5) is 4.39 Å². The van der Waals surface area contributed by atoms with E-state index < -0.39 is 0 Å². The summed E-state index contributed by atoms with van der Waals surface area (Å²) in [6.07, 6.45) is 14.2. The second kappa shape index (κ2) is 5.32. The number of rotatable bonds is 1. The van der Waals surface area contributed by atoms with Gasteiger partial charge in [-0.2, -0.15) is 0 Å². The minimum atomic E-state index is -0.0477. The topological polar surface area (TPSA) is 0 Å². The van der Waals surface area contributed by atoms with Gasteiger partial charge in [0.25, 0.3) is 0 Å². The average Bonchev–Trinajstić information content (AvgIpc) is 2.32. The zero-order chi connectivity index (χ0) is 14.0. The van der Waals surface area contributed by atoms with Crippen molar-refractivity contribution in [2.75, 3.05) is 0 Å². The molecule has 2 atom stereocenters. The second-order valence-electron chi connectivity index (χ2n) is 6.00. The molecular formula is C18H23F. The van der Waals surface area contributed by atoms with Gasteiger partial charge in [0.1, 0.15) is 5.83 Å². The first-order valence-corrected chi connectivity index (χ1v) is 7.02. The molecule has 2 rings (SSSR count). The average molecular weight is 258 g/mol. The van der Waals surface area contributed by atoms with Gasteiger partial charge in [0, 0.05) is 0 Å². The van der Waals surface area contributed by atoms with Crippen LogP contribution in [0.2, 0.25) is 0 Å². The van der Waals surface area contributed by atoms with Gasteiger partial charge in [-0.05, 0) is 62.2 Å². The molecule has 0 bridgehead atoms. The van der Waals surface area contributed by atoms with Crippen molar-refractivity contribution in [1.82, 2.24) is 0 Å². The van der Waals surface area contributed by atoms with E-state index >= 15 is 0 Å². The molecule has 0 N–H and O–H groups in total. The Kier molecular flexibility index (Phi) is 3.93. The number of fused-ring (bicyclic) bond motifs is 1. The minimum Gasteiger partial charge on any atom is -0.207 e. The smallest absolute Gasteiger partial charge is 0.126 e. The van der Waals surface area contributed by atoms with Crippen molar-refractivity contribution in [3.63, 3.8) is 0 Å². The first kappa shape index (κ1) is 14.0. The molecule has 0 nitrogen and oxygen atoms in total. The molecule has 0 saturated heterocycles. The van der Waals surface area contributed by atoms with Crippen molar-refractivity contribution in [2.24, 2.45) is 11.3 Å². The van der Waals surface area contributed by atoms with E-state index in [1.807, 2.05) is 26.8 Å². The van der Waals surface area contributed by atoms with Crippen LogP contribution in [0.3, 0.4) is 0 Å². The second-order valence-corrected chi connectivity index (χ2v) is 6.00. The molecular weight excluding hydrogens is 235 g/mol. The van der Waals surface area contributed by atoms with Crippen molar-refractivity contribution in [2.45, 2.75) is 40.5 Å². The molecule has 1 heteroatoms. The first-order chi connectivity index (χ1) is 8.98. The summed E-state index contributed by atoms with van der Waals surface area (Å²) in [7, 11) is 0. The van der Waals surface area contributed by atoms with E-state index in [0.717, 1.165) is 29.6 Å². The molecule has 0 amide bonds. The number of allylic oxidation sites excluding steroid dienone is 10. The lowest BCUT2D eigenvalue weighted by atomic mass is 9.64. The lowest BCUT2D eigenvalue weighted by Gasteiger charge is -2.39. The first-order valence-electron chi connectivity index (χ1n) is 7.02. The molecule has 19 heavy (non-hydrogen) atoms. The number of halogens is 1. The van der Waals surface area contributed by atoms with Crippen molar-refractivity contribution in [3.8, 4) is 0 Å². The maximum absolute atomic E-state index is 14.4. The van der Waals surface area contributed by atoms with Crippen LogP contribution in [0.15, 0.2) is 59.0 Å². The Morgan fingerprint density at radius 1 is 1.37 bits per heavy atom. The molecule has 0 aliphatic heterocycles. The van der Waals surface area contributed by atoms with Crippen molar-refractivity contribution in [3.05, 3.63) is 59.0 Å². The Morgan fingerprint density at radius 2 is 2.11 bits per heavy atom. The van der Waals surface area contributed by atoms with Gasteiger partial charge in [0.05, 0.1) is 0 Å². The highest BCUT2D eigenvalue weighted by atomic mass is 19.1. The van der Waals surface area contributed by atoms with Gasteiger partial charge in [-0.15, -0.1) is 0 Å². The van der Waals surface area contributed by atoms with Gasteiger partial charge in [-0.25, -0.2) is 4.39 Å². The summed E-state index contributed by atoms with van der Waals surface area (Å²) >= 11 is 0. The normalized spacial score (nSPS) is 36.2. The van der Waals surface area contributed by atoms with E-state index in [2.05, 4.69) is 31.2 Å². The van der Waals surface area contributed by atoms with Crippen molar-refractivity contribution < 1.29 is 4.39 Å². The third-order valence-corrected chi connectivity index (χ3v) is 4.31. The van der Waals surface area contributed by atoms with E-state index in [9.17, 15) is 4.39 Å². The van der Waals surface area contributed by atoms with Crippen LogP contribution in [-0.4, -0.2) is 0 Å². The SMILES string of the molecule is CC=CC1(C)C/C=C\C=C(/C)C2=C(F)C=C(C)CC21. The van der Waals surface area contributed by atoms with E-state index in [4.69, 9.17) is 0 Å². The maximum Gasteiger partial charge on any atom is 0.126 e. The molecule has 2 aliphatic carbocycles. The zero-order valence-corrected chi connectivity index (χ0v) is 12.3. The summed E-state index contributed by atoms with van der Waals surface area (Å²) in [5.74, 6) is 0.184. The number of hydrogen-bond acceptors (Lipinski definition) is 0. The molecule has 0 aromatic carbocycles. The largest absolute Gasteiger partial charge is 0.207 e. The Balaban J connectivity index is 2.60. The zero-order valence-electron chi connectivity index (χ0n) is 12.3. The highest BCUT2D eigenvalue weighted by Gasteiger charge is 2.37. The van der Waals surface area contributed by atoms with Gasteiger partial charge in [0.2, 0.25) is 0 Å². The van der Waals surface area contributed by atoms with Crippen LogP contribution < -0.4 is 0 Å². The molecule has 0 saturated carbocycles. The minimum absolute atomic E-state index is 0.0109. The maximum atomic E-state index is 14.4. The standard InChI is InChI=1S/C18H23F/c1-5-9-18(4)10-7-6-8-14(3)17-15(18)11-13(2)12-16(17)19/h5-9,12,15H,10-11H2,1-4H3/b7-6-,9-5?,14-8+. The molecule has 0 radical (unpaired) electrons.